The zero-order valence-corrected chi connectivity index (χ0v) is 23.4. The van der Waals surface area contributed by atoms with Gasteiger partial charge in [-0.15, -0.1) is 0 Å². The molecule has 9 nitrogen and oxygen atoms in total. The van der Waals surface area contributed by atoms with Crippen LogP contribution in [0.25, 0.3) is 0 Å². The van der Waals surface area contributed by atoms with Crippen LogP contribution in [0.1, 0.15) is 74.8 Å². The highest BCUT2D eigenvalue weighted by atomic mass is 16.5. The summed E-state index contributed by atoms with van der Waals surface area (Å²) >= 11 is 0. The molecule has 2 aliphatic carbocycles. The molecule has 0 radical (unpaired) electrons. The Morgan fingerprint density at radius 3 is 2.74 bits per heavy atom. The molecule has 2 unspecified atom stereocenters. The molecule has 2 saturated heterocycles. The van der Waals surface area contributed by atoms with E-state index in [9.17, 15) is 9.59 Å². The standard InChI is InChI=1S/C29H45N5O4/c1-18(2)16-34(24-9-22(13-30-15-24)28(35)33-7-8-38-17-19(33)3)29(36)27-26(32-23-11-25(12-23)37-4)10-21(14-31-27)20-5-6-20/h10,14,18-20,22-25,30,32H,5-9,11-13,15-17H2,1-4H3/t19-,22?,23?,24?,25?/m1/s1. The summed E-state index contributed by atoms with van der Waals surface area (Å²) in [4.78, 5) is 36.3. The molecule has 1 aromatic heterocycles. The number of rotatable bonds is 9. The highest BCUT2D eigenvalue weighted by molar-refractivity contribution is 5.98. The number of hydrogen-bond acceptors (Lipinski definition) is 7. The fraction of sp³-hybridized carbons (Fsp3) is 0.759. The van der Waals surface area contributed by atoms with E-state index >= 15 is 0 Å². The van der Waals surface area contributed by atoms with E-state index in [1.807, 2.05) is 22.9 Å². The average molecular weight is 528 g/mol. The topological polar surface area (TPSA) is 96.0 Å². The van der Waals surface area contributed by atoms with Crippen LogP contribution in [0.5, 0.6) is 0 Å². The highest BCUT2D eigenvalue weighted by Gasteiger charge is 2.38. The molecule has 210 valence electrons. The average Bonchev–Trinajstić information content (AvgIpc) is 3.74. The molecule has 0 bridgehead atoms. The Hall–Kier alpha value is -2.23. The first-order valence-electron chi connectivity index (χ1n) is 14.5. The van der Waals surface area contributed by atoms with Crippen LogP contribution in [0.3, 0.4) is 0 Å². The van der Waals surface area contributed by atoms with E-state index in [0.29, 0.717) is 63.3 Å². The van der Waals surface area contributed by atoms with Crippen LogP contribution in [0.2, 0.25) is 0 Å². The van der Waals surface area contributed by atoms with Gasteiger partial charge < -0.3 is 29.9 Å². The maximum atomic E-state index is 14.2. The SMILES string of the molecule is COC1CC(Nc2cc(C3CC3)cnc2C(=O)N(CC(C)C)C2CNCC(C(=O)N3CCOC[C@H]3C)C2)C1. The number of nitrogens with one attached hydrogen (secondary N) is 2. The molecule has 4 fully saturated rings. The summed E-state index contributed by atoms with van der Waals surface area (Å²) in [7, 11) is 1.75. The van der Waals surface area contributed by atoms with Gasteiger partial charge in [0.2, 0.25) is 5.91 Å². The third-order valence-electron chi connectivity index (χ3n) is 8.54. The van der Waals surface area contributed by atoms with Gasteiger partial charge in [-0.2, -0.15) is 0 Å². The Bertz CT molecular complexity index is 993. The maximum absolute atomic E-state index is 14.2. The van der Waals surface area contributed by atoms with E-state index in [-0.39, 0.29) is 42.0 Å². The lowest BCUT2D eigenvalue weighted by atomic mass is 9.89. The van der Waals surface area contributed by atoms with E-state index in [1.54, 1.807) is 7.11 Å². The largest absolute Gasteiger partial charge is 0.381 e. The van der Waals surface area contributed by atoms with Crippen molar-refractivity contribution in [3.63, 3.8) is 0 Å². The van der Waals surface area contributed by atoms with Gasteiger partial charge in [0, 0.05) is 51.6 Å². The van der Waals surface area contributed by atoms with Crippen LogP contribution < -0.4 is 10.6 Å². The number of hydrogen-bond donors (Lipinski definition) is 2. The number of anilines is 1. The number of nitrogens with zero attached hydrogens (tertiary/aromatic N) is 3. The molecule has 3 atom stereocenters. The van der Waals surface area contributed by atoms with E-state index in [1.165, 1.54) is 18.4 Å². The Kier molecular flexibility index (Phi) is 8.55. The van der Waals surface area contributed by atoms with Crippen LogP contribution >= 0.6 is 0 Å². The number of amides is 2. The van der Waals surface area contributed by atoms with Crippen molar-refractivity contribution in [1.82, 2.24) is 20.1 Å². The fourth-order valence-corrected chi connectivity index (χ4v) is 6.06. The van der Waals surface area contributed by atoms with Gasteiger partial charge in [-0.25, -0.2) is 4.98 Å². The van der Waals surface area contributed by atoms with Gasteiger partial charge in [-0.3, -0.25) is 9.59 Å². The molecule has 2 aliphatic heterocycles. The van der Waals surface area contributed by atoms with Gasteiger partial charge in [0.05, 0.1) is 37.0 Å². The summed E-state index contributed by atoms with van der Waals surface area (Å²) in [5.74, 6) is 0.822. The highest BCUT2D eigenvalue weighted by Crippen LogP contribution is 2.41. The van der Waals surface area contributed by atoms with E-state index in [2.05, 4.69) is 30.5 Å². The van der Waals surface area contributed by atoms with Gasteiger partial charge >= 0.3 is 0 Å². The zero-order chi connectivity index (χ0) is 26.8. The number of carbonyl (C=O) groups is 2. The Morgan fingerprint density at radius 1 is 1.26 bits per heavy atom. The van der Waals surface area contributed by atoms with Crippen molar-refractivity contribution < 1.29 is 19.1 Å². The van der Waals surface area contributed by atoms with Gasteiger partial charge in [0.15, 0.2) is 5.69 Å². The molecule has 0 spiro atoms. The lowest BCUT2D eigenvalue weighted by Crippen LogP contribution is -2.57. The van der Waals surface area contributed by atoms with Crippen LogP contribution in [-0.2, 0) is 14.3 Å². The molecule has 2 N–H and O–H groups in total. The monoisotopic (exact) mass is 527 g/mol. The molecule has 38 heavy (non-hydrogen) atoms. The second-order valence-corrected chi connectivity index (χ2v) is 12.2. The Balaban J connectivity index is 1.35. The van der Waals surface area contributed by atoms with Crippen molar-refractivity contribution >= 4 is 17.5 Å². The first-order valence-corrected chi connectivity index (χ1v) is 14.5. The minimum absolute atomic E-state index is 0.0502. The van der Waals surface area contributed by atoms with Gasteiger partial charge in [0.25, 0.3) is 5.91 Å². The van der Waals surface area contributed by atoms with Crippen LogP contribution in [0.4, 0.5) is 5.69 Å². The zero-order valence-electron chi connectivity index (χ0n) is 23.4. The molecular weight excluding hydrogens is 482 g/mol. The third-order valence-corrected chi connectivity index (χ3v) is 8.54. The van der Waals surface area contributed by atoms with Crippen molar-refractivity contribution in [1.29, 1.82) is 0 Å². The smallest absolute Gasteiger partial charge is 0.274 e. The van der Waals surface area contributed by atoms with Crippen LogP contribution in [-0.4, -0.2) is 97.3 Å². The summed E-state index contributed by atoms with van der Waals surface area (Å²) in [6, 6.07) is 2.45. The third kappa shape index (κ3) is 6.15. The normalized spacial score (nSPS) is 29.6. The van der Waals surface area contributed by atoms with Gasteiger partial charge in [-0.1, -0.05) is 13.8 Å². The first-order chi connectivity index (χ1) is 18.3. The summed E-state index contributed by atoms with van der Waals surface area (Å²) in [6.07, 6.45) is 7.08. The number of morpholine rings is 1. The van der Waals surface area contributed by atoms with E-state index in [0.717, 1.165) is 18.5 Å². The summed E-state index contributed by atoms with van der Waals surface area (Å²) in [6.45, 7) is 10.1. The summed E-state index contributed by atoms with van der Waals surface area (Å²) < 4.78 is 11.0. The quantitative estimate of drug-likeness (QED) is 0.510. The lowest BCUT2D eigenvalue weighted by Gasteiger charge is -2.41. The van der Waals surface area contributed by atoms with Crippen molar-refractivity contribution in [3.8, 4) is 0 Å². The number of aromatic nitrogens is 1. The van der Waals surface area contributed by atoms with Crippen molar-refractivity contribution in [2.75, 3.05) is 51.8 Å². The minimum atomic E-state index is -0.152. The predicted molar refractivity (Wildman–Crippen MR) is 146 cm³/mol. The maximum Gasteiger partial charge on any atom is 0.274 e. The second kappa shape index (κ2) is 11.9. The second-order valence-electron chi connectivity index (χ2n) is 12.2. The minimum Gasteiger partial charge on any atom is -0.381 e. The predicted octanol–water partition coefficient (Wildman–Crippen LogP) is 2.87. The fourth-order valence-electron chi connectivity index (χ4n) is 6.06. The van der Waals surface area contributed by atoms with E-state index in [4.69, 9.17) is 14.5 Å². The number of ether oxygens (including phenoxy) is 2. The van der Waals surface area contributed by atoms with Crippen molar-refractivity contribution in [2.45, 2.75) is 83.0 Å². The first kappa shape index (κ1) is 27.3. The molecule has 3 heterocycles. The van der Waals surface area contributed by atoms with Crippen LogP contribution in [0, 0.1) is 11.8 Å². The van der Waals surface area contributed by atoms with E-state index < -0.39 is 0 Å². The van der Waals surface area contributed by atoms with Crippen molar-refractivity contribution in [3.05, 3.63) is 23.5 Å². The summed E-state index contributed by atoms with van der Waals surface area (Å²) in [5.41, 5.74) is 2.55. The molecule has 5 rings (SSSR count). The Morgan fingerprint density at radius 2 is 2.05 bits per heavy atom. The van der Waals surface area contributed by atoms with Crippen LogP contribution in [0.15, 0.2) is 12.3 Å². The number of methoxy groups -OCH3 is 1. The molecule has 2 amide bonds. The lowest BCUT2D eigenvalue weighted by molar-refractivity contribution is -0.144. The molecule has 0 aromatic carbocycles. The number of piperidine rings is 1. The van der Waals surface area contributed by atoms with Gasteiger partial charge in [-0.05, 0) is 62.5 Å². The Labute approximate surface area is 227 Å². The molecule has 9 heteroatoms. The van der Waals surface area contributed by atoms with Gasteiger partial charge in [0.1, 0.15) is 0 Å². The number of pyridine rings is 1. The molecule has 4 aliphatic rings. The summed E-state index contributed by atoms with van der Waals surface area (Å²) in [5, 5.41) is 7.09. The molecule has 2 saturated carbocycles. The number of carbonyl (C=O) groups excluding carboxylic acids is 2. The molecule has 1 aromatic rings. The molecular formula is C29H45N5O4. The van der Waals surface area contributed by atoms with Crippen molar-refractivity contribution in [2.24, 2.45) is 11.8 Å².